The van der Waals surface area contributed by atoms with Crippen LogP contribution in [0.25, 0.3) is 0 Å². The van der Waals surface area contributed by atoms with E-state index in [1.807, 2.05) is 19.0 Å². The lowest BCUT2D eigenvalue weighted by molar-refractivity contribution is -0.141. The van der Waals surface area contributed by atoms with Gasteiger partial charge in [0.2, 0.25) is 0 Å². The van der Waals surface area contributed by atoms with Gasteiger partial charge in [-0.25, -0.2) is 0 Å². The molecule has 0 aromatic carbocycles. The highest BCUT2D eigenvalue weighted by Crippen LogP contribution is 2.20. The molecular formula is C8H17N3O4S. The highest BCUT2D eigenvalue weighted by molar-refractivity contribution is 7.87. The van der Waals surface area contributed by atoms with Crippen LogP contribution in [0.5, 0.6) is 0 Å². The van der Waals surface area contributed by atoms with Crippen molar-refractivity contribution in [3.05, 3.63) is 0 Å². The van der Waals surface area contributed by atoms with E-state index in [2.05, 4.69) is 0 Å². The lowest BCUT2D eigenvalue weighted by Crippen LogP contribution is -2.43. The molecule has 1 N–H and O–H groups in total. The van der Waals surface area contributed by atoms with E-state index >= 15 is 0 Å². The van der Waals surface area contributed by atoms with Crippen molar-refractivity contribution >= 4 is 16.2 Å². The van der Waals surface area contributed by atoms with Crippen LogP contribution in [0.2, 0.25) is 0 Å². The number of hydrogen-bond donors (Lipinski definition) is 1. The predicted octanol–water partition coefficient (Wildman–Crippen LogP) is -1.51. The molecule has 8 heteroatoms. The van der Waals surface area contributed by atoms with Gasteiger partial charge in [-0.2, -0.15) is 17.0 Å². The quantitative estimate of drug-likeness (QED) is 0.657. The molecule has 1 rings (SSSR count). The van der Waals surface area contributed by atoms with Gasteiger partial charge in [0, 0.05) is 26.7 Å². The zero-order valence-electron chi connectivity index (χ0n) is 9.62. The molecule has 1 heterocycles. The number of carboxylic acids is 1. The van der Waals surface area contributed by atoms with Crippen LogP contribution in [0.1, 0.15) is 0 Å². The van der Waals surface area contributed by atoms with Gasteiger partial charge in [0.15, 0.2) is 0 Å². The third-order valence-electron chi connectivity index (χ3n) is 2.52. The second kappa shape index (κ2) is 4.66. The number of likely N-dealkylation sites (N-methyl/N-ethyl adjacent to an activating group) is 2. The Labute approximate surface area is 95.4 Å². The van der Waals surface area contributed by atoms with E-state index in [0.29, 0.717) is 6.54 Å². The van der Waals surface area contributed by atoms with Gasteiger partial charge in [-0.1, -0.05) is 0 Å². The van der Waals surface area contributed by atoms with Crippen molar-refractivity contribution in [2.24, 2.45) is 0 Å². The number of carbonyl (C=O) groups is 1. The minimum Gasteiger partial charge on any atom is -0.480 e. The summed E-state index contributed by atoms with van der Waals surface area (Å²) in [6.07, 6.45) is 0. The average molecular weight is 251 g/mol. The molecule has 1 atom stereocenters. The molecule has 16 heavy (non-hydrogen) atoms. The first-order valence-electron chi connectivity index (χ1n) is 4.87. The lowest BCUT2D eigenvalue weighted by Gasteiger charge is -2.21. The number of carboxylic acid groups (broad SMARTS) is 1. The maximum atomic E-state index is 11.8. The van der Waals surface area contributed by atoms with Crippen molar-refractivity contribution in [2.45, 2.75) is 6.04 Å². The summed E-state index contributed by atoms with van der Waals surface area (Å²) in [4.78, 5) is 12.8. The van der Waals surface area contributed by atoms with Gasteiger partial charge in [-0.3, -0.25) is 4.79 Å². The molecule has 0 spiro atoms. The zero-order valence-corrected chi connectivity index (χ0v) is 10.4. The second-order valence-electron chi connectivity index (χ2n) is 4.06. The highest BCUT2D eigenvalue weighted by atomic mass is 32.2. The zero-order chi connectivity index (χ0) is 12.5. The van der Waals surface area contributed by atoms with Gasteiger partial charge < -0.3 is 10.0 Å². The standard InChI is InChI=1S/C8H17N3O4S/c1-9(2)4-5-11-7(8(12)13)6-10(3)16(11,14)15/h7H,4-6H2,1-3H3,(H,12,13). The Hall–Kier alpha value is -0.700. The minimum absolute atomic E-state index is 0.00505. The molecular weight excluding hydrogens is 234 g/mol. The SMILES string of the molecule is CN(C)CCN1C(C(=O)O)CN(C)S1(=O)=O. The van der Waals surface area contributed by atoms with Crippen LogP contribution in [-0.2, 0) is 15.0 Å². The molecule has 94 valence electrons. The normalized spacial score (nSPS) is 26.4. The molecule has 1 unspecified atom stereocenters. The van der Waals surface area contributed by atoms with Crippen LogP contribution in [0.4, 0.5) is 0 Å². The van der Waals surface area contributed by atoms with Gasteiger partial charge >= 0.3 is 5.97 Å². The molecule has 0 amide bonds. The summed E-state index contributed by atoms with van der Waals surface area (Å²) in [7, 11) is 1.41. The van der Waals surface area contributed by atoms with Crippen molar-refractivity contribution in [2.75, 3.05) is 40.8 Å². The molecule has 7 nitrogen and oxygen atoms in total. The van der Waals surface area contributed by atoms with E-state index in [1.54, 1.807) is 0 Å². The summed E-state index contributed by atoms with van der Waals surface area (Å²) in [5.74, 6) is -1.10. The van der Waals surface area contributed by atoms with Gasteiger partial charge in [0.25, 0.3) is 10.2 Å². The average Bonchev–Trinajstić information content (AvgIpc) is 2.35. The Morgan fingerprint density at radius 2 is 2.06 bits per heavy atom. The molecule has 0 bridgehead atoms. The van der Waals surface area contributed by atoms with Crippen molar-refractivity contribution in [1.29, 1.82) is 0 Å². The number of rotatable bonds is 4. The third-order valence-corrected chi connectivity index (χ3v) is 4.49. The fourth-order valence-corrected chi connectivity index (χ4v) is 3.02. The van der Waals surface area contributed by atoms with Crippen LogP contribution in [0.3, 0.4) is 0 Å². The summed E-state index contributed by atoms with van der Waals surface area (Å²) in [5.41, 5.74) is 0. The molecule has 1 fully saturated rings. The first-order chi connectivity index (χ1) is 7.26. The molecule has 0 radical (unpaired) electrons. The topological polar surface area (TPSA) is 81.2 Å². The monoisotopic (exact) mass is 251 g/mol. The Bertz CT molecular complexity index is 367. The summed E-state index contributed by atoms with van der Waals surface area (Å²) >= 11 is 0. The van der Waals surface area contributed by atoms with E-state index in [9.17, 15) is 13.2 Å². The molecule has 0 aromatic rings. The second-order valence-corrected chi connectivity index (χ2v) is 6.04. The van der Waals surface area contributed by atoms with Gasteiger partial charge in [-0.15, -0.1) is 0 Å². The van der Waals surface area contributed by atoms with E-state index in [-0.39, 0.29) is 13.1 Å². The summed E-state index contributed by atoms with van der Waals surface area (Å²) in [5, 5.41) is 8.95. The van der Waals surface area contributed by atoms with Gasteiger partial charge in [-0.05, 0) is 14.1 Å². The van der Waals surface area contributed by atoms with Crippen LogP contribution in [0.15, 0.2) is 0 Å². The fraction of sp³-hybridized carbons (Fsp3) is 0.875. The van der Waals surface area contributed by atoms with Crippen molar-refractivity contribution < 1.29 is 18.3 Å². The molecule has 0 saturated carbocycles. The van der Waals surface area contributed by atoms with E-state index in [0.717, 1.165) is 8.61 Å². The minimum atomic E-state index is -3.60. The third kappa shape index (κ3) is 2.51. The smallest absolute Gasteiger partial charge is 0.323 e. The maximum Gasteiger partial charge on any atom is 0.323 e. The number of aliphatic carboxylic acids is 1. The van der Waals surface area contributed by atoms with E-state index in [1.165, 1.54) is 7.05 Å². The molecule has 0 aromatic heterocycles. The fourth-order valence-electron chi connectivity index (χ4n) is 1.54. The molecule has 0 aliphatic carbocycles. The summed E-state index contributed by atoms with van der Waals surface area (Å²) < 4.78 is 25.7. The van der Waals surface area contributed by atoms with E-state index < -0.39 is 22.2 Å². The molecule has 1 saturated heterocycles. The van der Waals surface area contributed by atoms with Crippen LogP contribution in [-0.4, -0.2) is 79.8 Å². The van der Waals surface area contributed by atoms with Crippen LogP contribution < -0.4 is 0 Å². The van der Waals surface area contributed by atoms with Crippen molar-refractivity contribution in [3.63, 3.8) is 0 Å². The number of hydrogen-bond acceptors (Lipinski definition) is 4. The highest BCUT2D eigenvalue weighted by Gasteiger charge is 2.45. The first-order valence-corrected chi connectivity index (χ1v) is 6.27. The Morgan fingerprint density at radius 1 is 1.50 bits per heavy atom. The van der Waals surface area contributed by atoms with Gasteiger partial charge in [0.05, 0.1) is 0 Å². The number of nitrogens with zero attached hydrogens (tertiary/aromatic N) is 3. The maximum absolute atomic E-state index is 11.8. The lowest BCUT2D eigenvalue weighted by atomic mass is 10.3. The Morgan fingerprint density at radius 3 is 2.50 bits per heavy atom. The molecule has 1 aliphatic heterocycles. The Balaban J connectivity index is 2.86. The predicted molar refractivity (Wildman–Crippen MR) is 58.2 cm³/mol. The van der Waals surface area contributed by atoms with Crippen molar-refractivity contribution in [3.8, 4) is 0 Å². The van der Waals surface area contributed by atoms with Crippen LogP contribution in [0, 0.1) is 0 Å². The molecule has 1 aliphatic rings. The first kappa shape index (κ1) is 13.4. The van der Waals surface area contributed by atoms with Crippen molar-refractivity contribution in [1.82, 2.24) is 13.5 Å². The largest absolute Gasteiger partial charge is 0.480 e. The summed E-state index contributed by atoms with van der Waals surface area (Å²) in [6.45, 7) is 0.693. The Kier molecular flexibility index (Phi) is 3.89. The summed E-state index contributed by atoms with van der Waals surface area (Å²) in [6, 6.07) is -0.977. The van der Waals surface area contributed by atoms with Gasteiger partial charge in [0.1, 0.15) is 6.04 Å². The van der Waals surface area contributed by atoms with E-state index in [4.69, 9.17) is 5.11 Å². The van der Waals surface area contributed by atoms with Crippen LogP contribution >= 0.6 is 0 Å².